The molecule has 44 valence electrons. The van der Waals surface area contributed by atoms with Crippen LogP contribution in [-0.4, -0.2) is 7.85 Å². The molecular formula is C7H6BBr. The van der Waals surface area contributed by atoms with Gasteiger partial charge in [-0.1, -0.05) is 33.0 Å². The van der Waals surface area contributed by atoms with Gasteiger partial charge in [0.25, 0.3) is 0 Å². The minimum Gasteiger partial charge on any atom is -0.0937 e. The summed E-state index contributed by atoms with van der Waals surface area (Å²) in [6.07, 6.45) is 0. The van der Waals surface area contributed by atoms with E-state index >= 15 is 0 Å². The van der Waals surface area contributed by atoms with Gasteiger partial charge in [0, 0.05) is 4.47 Å². The molecular weight excluding hydrogens is 175 g/mol. The highest BCUT2D eigenvalue weighted by Gasteiger charge is 1.89. The molecule has 1 aromatic rings. The van der Waals surface area contributed by atoms with Crippen LogP contribution in [0.3, 0.4) is 0 Å². The first-order valence-corrected chi connectivity index (χ1v) is 3.51. The van der Waals surface area contributed by atoms with Crippen LogP contribution < -0.4 is 5.46 Å². The lowest BCUT2D eigenvalue weighted by Crippen LogP contribution is -2.05. The van der Waals surface area contributed by atoms with E-state index in [0.29, 0.717) is 0 Å². The summed E-state index contributed by atoms with van der Waals surface area (Å²) in [6.45, 7) is 1.99. The number of benzene rings is 1. The SMILES string of the molecule is [B]c1ccc(Br)cc1C. The highest BCUT2D eigenvalue weighted by molar-refractivity contribution is 9.10. The van der Waals surface area contributed by atoms with Crippen LogP contribution in [0.25, 0.3) is 0 Å². The van der Waals surface area contributed by atoms with Gasteiger partial charge in [-0.3, -0.25) is 0 Å². The van der Waals surface area contributed by atoms with E-state index in [1.54, 1.807) is 0 Å². The summed E-state index contributed by atoms with van der Waals surface area (Å²) in [6, 6.07) is 5.82. The van der Waals surface area contributed by atoms with Crippen molar-refractivity contribution < 1.29 is 0 Å². The molecule has 0 saturated carbocycles. The third-order valence-electron chi connectivity index (χ3n) is 1.23. The predicted molar refractivity (Wildman–Crippen MR) is 44.3 cm³/mol. The molecule has 0 saturated heterocycles. The molecule has 0 amide bonds. The first-order chi connectivity index (χ1) is 4.20. The Hall–Kier alpha value is -0.235. The zero-order valence-electron chi connectivity index (χ0n) is 5.19. The van der Waals surface area contributed by atoms with Crippen molar-refractivity contribution in [1.82, 2.24) is 0 Å². The van der Waals surface area contributed by atoms with Crippen LogP contribution in [0.4, 0.5) is 0 Å². The first-order valence-electron chi connectivity index (χ1n) is 2.72. The fourth-order valence-corrected chi connectivity index (χ4v) is 1.11. The van der Waals surface area contributed by atoms with Crippen LogP contribution in [0.15, 0.2) is 22.7 Å². The summed E-state index contributed by atoms with van der Waals surface area (Å²) >= 11 is 3.34. The second-order valence-corrected chi connectivity index (χ2v) is 2.92. The number of hydrogen-bond acceptors (Lipinski definition) is 0. The number of halogens is 1. The maximum absolute atomic E-state index is 5.57. The Morgan fingerprint density at radius 3 is 2.56 bits per heavy atom. The molecule has 0 N–H and O–H groups in total. The van der Waals surface area contributed by atoms with Gasteiger partial charge < -0.3 is 0 Å². The van der Waals surface area contributed by atoms with Gasteiger partial charge in [0.05, 0.1) is 0 Å². The number of rotatable bonds is 0. The third-order valence-corrected chi connectivity index (χ3v) is 1.73. The summed E-state index contributed by atoms with van der Waals surface area (Å²) < 4.78 is 1.08. The molecule has 0 nitrogen and oxygen atoms in total. The van der Waals surface area contributed by atoms with Crippen LogP contribution in [0, 0.1) is 6.92 Å². The Balaban J connectivity index is 3.17. The fraction of sp³-hybridized carbons (Fsp3) is 0.143. The summed E-state index contributed by atoms with van der Waals surface area (Å²) in [4.78, 5) is 0. The number of hydrogen-bond donors (Lipinski definition) is 0. The van der Waals surface area contributed by atoms with E-state index in [2.05, 4.69) is 15.9 Å². The molecule has 2 heteroatoms. The van der Waals surface area contributed by atoms with Crippen LogP contribution >= 0.6 is 15.9 Å². The molecule has 0 heterocycles. The molecule has 0 aliphatic carbocycles. The van der Waals surface area contributed by atoms with E-state index in [-0.39, 0.29) is 0 Å². The van der Waals surface area contributed by atoms with Gasteiger partial charge in [-0.05, 0) is 19.1 Å². The van der Waals surface area contributed by atoms with Crippen LogP contribution in [0.5, 0.6) is 0 Å². The van der Waals surface area contributed by atoms with E-state index in [4.69, 9.17) is 7.85 Å². The first kappa shape index (κ1) is 6.88. The van der Waals surface area contributed by atoms with Gasteiger partial charge in [-0.15, -0.1) is 0 Å². The zero-order valence-corrected chi connectivity index (χ0v) is 6.77. The minimum atomic E-state index is 0.846. The van der Waals surface area contributed by atoms with Gasteiger partial charge in [-0.2, -0.15) is 0 Å². The van der Waals surface area contributed by atoms with E-state index in [0.717, 1.165) is 15.5 Å². The Labute approximate surface area is 64.8 Å². The van der Waals surface area contributed by atoms with E-state index in [1.165, 1.54) is 0 Å². The molecule has 1 rings (SSSR count). The fourth-order valence-electron chi connectivity index (χ4n) is 0.639. The second kappa shape index (κ2) is 2.57. The molecule has 0 unspecified atom stereocenters. The monoisotopic (exact) mass is 180 g/mol. The maximum Gasteiger partial charge on any atom is 0.114 e. The molecule has 0 aliphatic rings. The summed E-state index contributed by atoms with van der Waals surface area (Å²) in [5.74, 6) is 0. The molecule has 0 spiro atoms. The molecule has 0 fully saturated rings. The number of aryl methyl sites for hydroxylation is 1. The highest BCUT2D eigenvalue weighted by Crippen LogP contribution is 2.08. The van der Waals surface area contributed by atoms with E-state index < -0.39 is 0 Å². The zero-order chi connectivity index (χ0) is 6.85. The molecule has 0 aromatic heterocycles. The molecule has 1 aromatic carbocycles. The van der Waals surface area contributed by atoms with Crippen molar-refractivity contribution in [2.75, 3.05) is 0 Å². The lowest BCUT2D eigenvalue weighted by Gasteiger charge is -1.97. The van der Waals surface area contributed by atoms with Gasteiger partial charge in [0.2, 0.25) is 0 Å². The molecule has 9 heavy (non-hydrogen) atoms. The second-order valence-electron chi connectivity index (χ2n) is 2.00. The lowest BCUT2D eigenvalue weighted by molar-refractivity contribution is 1.49. The van der Waals surface area contributed by atoms with E-state index in [9.17, 15) is 0 Å². The van der Waals surface area contributed by atoms with Gasteiger partial charge in [-0.25, -0.2) is 0 Å². The van der Waals surface area contributed by atoms with E-state index in [1.807, 2.05) is 25.1 Å². The van der Waals surface area contributed by atoms with Crippen molar-refractivity contribution in [2.24, 2.45) is 0 Å². The maximum atomic E-state index is 5.57. The molecule has 0 atom stereocenters. The van der Waals surface area contributed by atoms with Crippen molar-refractivity contribution in [2.45, 2.75) is 6.92 Å². The molecule has 0 aliphatic heterocycles. The average molecular weight is 181 g/mol. The molecule has 0 bridgehead atoms. The standard InChI is InChI=1S/C7H6BBr/c1-5-4-6(9)2-3-7(5)8/h2-4H,1H3. The predicted octanol–water partition coefficient (Wildman–Crippen LogP) is 1.55. The van der Waals surface area contributed by atoms with Crippen molar-refractivity contribution in [3.63, 3.8) is 0 Å². The van der Waals surface area contributed by atoms with Gasteiger partial charge in [0.1, 0.15) is 7.85 Å². The molecule has 2 radical (unpaired) electrons. The Morgan fingerprint density at radius 2 is 2.11 bits per heavy atom. The normalized spacial score (nSPS) is 9.56. The van der Waals surface area contributed by atoms with Crippen LogP contribution in [-0.2, 0) is 0 Å². The van der Waals surface area contributed by atoms with Crippen LogP contribution in [0.2, 0.25) is 0 Å². The van der Waals surface area contributed by atoms with Gasteiger partial charge >= 0.3 is 0 Å². The third kappa shape index (κ3) is 1.58. The van der Waals surface area contributed by atoms with Crippen molar-refractivity contribution >= 4 is 29.2 Å². The average Bonchev–Trinajstić information content (AvgIpc) is 1.80. The van der Waals surface area contributed by atoms with Crippen molar-refractivity contribution in [3.05, 3.63) is 28.2 Å². The largest absolute Gasteiger partial charge is 0.114 e. The Bertz CT molecular complexity index is 220. The lowest BCUT2D eigenvalue weighted by atomic mass is 9.92. The Kier molecular flexibility index (Phi) is 1.96. The van der Waals surface area contributed by atoms with Crippen LogP contribution in [0.1, 0.15) is 5.56 Å². The summed E-state index contributed by atoms with van der Waals surface area (Å²) in [5.41, 5.74) is 1.96. The van der Waals surface area contributed by atoms with Crippen molar-refractivity contribution in [1.29, 1.82) is 0 Å². The highest BCUT2D eigenvalue weighted by atomic mass is 79.9. The topological polar surface area (TPSA) is 0 Å². The quantitative estimate of drug-likeness (QED) is 0.532. The minimum absolute atomic E-state index is 0.846. The van der Waals surface area contributed by atoms with Crippen molar-refractivity contribution in [3.8, 4) is 0 Å². The Morgan fingerprint density at radius 1 is 1.44 bits per heavy atom. The summed E-state index contributed by atoms with van der Waals surface area (Å²) in [7, 11) is 5.57. The smallest absolute Gasteiger partial charge is 0.0937 e. The summed E-state index contributed by atoms with van der Waals surface area (Å²) in [5, 5.41) is 0. The van der Waals surface area contributed by atoms with Gasteiger partial charge in [0.15, 0.2) is 0 Å².